The summed E-state index contributed by atoms with van der Waals surface area (Å²) in [7, 11) is 0. The number of nitrogens with one attached hydrogen (secondary N) is 1. The van der Waals surface area contributed by atoms with Gasteiger partial charge in [-0.25, -0.2) is 0 Å². The Kier molecular flexibility index (Phi) is 2.59. The lowest BCUT2D eigenvalue weighted by molar-refractivity contribution is 0.103. The number of rotatable bonds is 2. The normalized spacial score (nSPS) is 11.0. The van der Waals surface area contributed by atoms with E-state index in [0.717, 1.165) is 16.5 Å². The third kappa shape index (κ3) is 1.69. The van der Waals surface area contributed by atoms with Gasteiger partial charge in [0.05, 0.1) is 11.8 Å². The lowest BCUT2D eigenvalue weighted by atomic mass is 10.0. The predicted octanol–water partition coefficient (Wildman–Crippen LogP) is 4.06. The number of benzene rings is 1. The van der Waals surface area contributed by atoms with Crippen molar-refractivity contribution in [3.63, 3.8) is 0 Å². The number of halogens is 1. The number of fused-ring (bicyclic) bond motifs is 1. The highest BCUT2D eigenvalue weighted by Gasteiger charge is 2.18. The molecule has 18 heavy (non-hydrogen) atoms. The minimum atomic E-state index is -0.0503. The topological polar surface area (TPSA) is 46.0 Å². The van der Waals surface area contributed by atoms with Gasteiger partial charge in [-0.2, -0.15) is 0 Å². The molecular formula is C14H10BrNO2. The van der Waals surface area contributed by atoms with Crippen LogP contribution in [0.4, 0.5) is 0 Å². The summed E-state index contributed by atoms with van der Waals surface area (Å²) >= 11 is 3.23. The molecule has 0 aliphatic rings. The molecule has 0 unspecified atom stereocenters. The van der Waals surface area contributed by atoms with Crippen molar-refractivity contribution in [1.29, 1.82) is 0 Å². The van der Waals surface area contributed by atoms with Gasteiger partial charge in [0.2, 0.25) is 0 Å². The van der Waals surface area contributed by atoms with Crippen LogP contribution in [-0.4, -0.2) is 10.8 Å². The second-order valence-corrected chi connectivity index (χ2v) is 4.91. The zero-order chi connectivity index (χ0) is 12.7. The first kappa shape index (κ1) is 11.3. The van der Waals surface area contributed by atoms with Crippen LogP contribution in [0.15, 0.2) is 45.8 Å². The van der Waals surface area contributed by atoms with Crippen molar-refractivity contribution in [2.24, 2.45) is 0 Å². The van der Waals surface area contributed by atoms with E-state index < -0.39 is 0 Å². The van der Waals surface area contributed by atoms with E-state index in [9.17, 15) is 4.79 Å². The number of hydrogen-bond donors (Lipinski definition) is 1. The molecule has 1 aromatic carbocycles. The molecule has 4 heteroatoms. The van der Waals surface area contributed by atoms with Crippen molar-refractivity contribution in [1.82, 2.24) is 4.98 Å². The summed E-state index contributed by atoms with van der Waals surface area (Å²) in [5.41, 5.74) is 3.33. The number of H-pyrrole nitrogens is 1. The van der Waals surface area contributed by atoms with E-state index in [-0.39, 0.29) is 5.78 Å². The van der Waals surface area contributed by atoms with Gasteiger partial charge in [0.25, 0.3) is 0 Å². The fourth-order valence-electron chi connectivity index (χ4n) is 2.03. The number of ketones is 1. The molecule has 2 heterocycles. The van der Waals surface area contributed by atoms with Gasteiger partial charge in [0, 0.05) is 22.7 Å². The maximum Gasteiger partial charge on any atom is 0.199 e. The molecule has 0 amide bonds. The average Bonchev–Trinajstić information content (AvgIpc) is 2.94. The molecule has 3 aromatic rings. The fraction of sp³-hybridized carbons (Fsp3) is 0.0714. The molecule has 0 bridgehead atoms. The van der Waals surface area contributed by atoms with Gasteiger partial charge in [-0.15, -0.1) is 0 Å². The van der Waals surface area contributed by atoms with Gasteiger partial charge in [-0.1, -0.05) is 12.1 Å². The van der Waals surface area contributed by atoms with Gasteiger partial charge in [0.1, 0.15) is 0 Å². The summed E-state index contributed by atoms with van der Waals surface area (Å²) in [6.07, 6.45) is 3.24. The number of aryl methyl sites for hydroxylation is 1. The van der Waals surface area contributed by atoms with Crippen LogP contribution >= 0.6 is 15.9 Å². The second-order valence-electron chi connectivity index (χ2n) is 4.19. The molecule has 3 rings (SSSR count). The Morgan fingerprint density at radius 3 is 2.83 bits per heavy atom. The first-order chi connectivity index (χ1) is 8.66. The summed E-state index contributed by atoms with van der Waals surface area (Å²) in [5, 5.41) is 0.929. The number of aromatic amines is 1. The second kappa shape index (κ2) is 4.14. The zero-order valence-corrected chi connectivity index (χ0v) is 11.2. The van der Waals surface area contributed by atoms with Crippen LogP contribution < -0.4 is 0 Å². The van der Waals surface area contributed by atoms with Crippen molar-refractivity contribution in [2.75, 3.05) is 0 Å². The maximum atomic E-state index is 12.4. The highest BCUT2D eigenvalue weighted by atomic mass is 79.9. The first-order valence-corrected chi connectivity index (χ1v) is 6.31. The molecule has 0 atom stereocenters. The van der Waals surface area contributed by atoms with Crippen LogP contribution in [-0.2, 0) is 0 Å². The first-order valence-electron chi connectivity index (χ1n) is 5.52. The summed E-state index contributed by atoms with van der Waals surface area (Å²) in [4.78, 5) is 15.5. The SMILES string of the molecule is Cc1ccc2c(C(=O)c3ccoc3Br)c[nH]c2c1. The molecule has 0 fully saturated rings. The van der Waals surface area contributed by atoms with Gasteiger partial charge in [0.15, 0.2) is 10.5 Å². The minimum absolute atomic E-state index is 0.0503. The fourth-order valence-corrected chi connectivity index (χ4v) is 2.45. The Morgan fingerprint density at radius 2 is 2.11 bits per heavy atom. The Bertz CT molecular complexity index is 739. The van der Waals surface area contributed by atoms with E-state index in [4.69, 9.17) is 4.42 Å². The van der Waals surface area contributed by atoms with Crippen LogP contribution in [0.2, 0.25) is 0 Å². The van der Waals surface area contributed by atoms with E-state index in [1.807, 2.05) is 25.1 Å². The number of furan rings is 1. The Morgan fingerprint density at radius 1 is 1.28 bits per heavy atom. The van der Waals surface area contributed by atoms with Crippen molar-refractivity contribution in [2.45, 2.75) is 6.92 Å². The van der Waals surface area contributed by atoms with Gasteiger partial charge >= 0.3 is 0 Å². The van der Waals surface area contributed by atoms with Crippen LogP contribution in [0.3, 0.4) is 0 Å². The molecule has 0 radical (unpaired) electrons. The van der Waals surface area contributed by atoms with E-state index in [1.165, 1.54) is 6.26 Å². The summed E-state index contributed by atoms with van der Waals surface area (Å²) in [6, 6.07) is 7.65. The quantitative estimate of drug-likeness (QED) is 0.726. The van der Waals surface area contributed by atoms with Gasteiger partial charge in [-0.05, 0) is 40.5 Å². The van der Waals surface area contributed by atoms with Crippen LogP contribution in [0.25, 0.3) is 10.9 Å². The summed E-state index contributed by atoms with van der Waals surface area (Å²) in [5.74, 6) is -0.0503. The van der Waals surface area contributed by atoms with Gasteiger partial charge < -0.3 is 9.40 Å². The zero-order valence-electron chi connectivity index (χ0n) is 9.66. The van der Waals surface area contributed by atoms with E-state index >= 15 is 0 Å². The van der Waals surface area contributed by atoms with Crippen LogP contribution in [0, 0.1) is 6.92 Å². The molecule has 0 saturated carbocycles. The van der Waals surface area contributed by atoms with Crippen molar-refractivity contribution in [3.05, 3.63) is 58.1 Å². The average molecular weight is 304 g/mol. The van der Waals surface area contributed by atoms with Crippen molar-refractivity contribution >= 4 is 32.6 Å². The minimum Gasteiger partial charge on any atom is -0.457 e. The molecule has 0 aliphatic heterocycles. The maximum absolute atomic E-state index is 12.4. The molecular weight excluding hydrogens is 294 g/mol. The molecule has 90 valence electrons. The van der Waals surface area contributed by atoms with Gasteiger partial charge in [-0.3, -0.25) is 4.79 Å². The molecule has 2 aromatic heterocycles. The van der Waals surface area contributed by atoms with Crippen molar-refractivity contribution in [3.8, 4) is 0 Å². The molecule has 0 spiro atoms. The highest BCUT2D eigenvalue weighted by Crippen LogP contribution is 2.26. The van der Waals surface area contributed by atoms with Crippen molar-refractivity contribution < 1.29 is 9.21 Å². The van der Waals surface area contributed by atoms with E-state index in [2.05, 4.69) is 20.9 Å². The number of aromatic nitrogens is 1. The number of carbonyl (C=O) groups is 1. The summed E-state index contributed by atoms with van der Waals surface area (Å²) < 4.78 is 5.57. The smallest absolute Gasteiger partial charge is 0.199 e. The lowest BCUT2D eigenvalue weighted by Gasteiger charge is -1.98. The number of carbonyl (C=O) groups excluding carboxylic acids is 1. The van der Waals surface area contributed by atoms with E-state index in [0.29, 0.717) is 15.8 Å². The van der Waals surface area contributed by atoms with E-state index in [1.54, 1.807) is 12.3 Å². The molecule has 0 saturated heterocycles. The predicted molar refractivity (Wildman–Crippen MR) is 72.9 cm³/mol. The summed E-state index contributed by atoms with van der Waals surface area (Å²) in [6.45, 7) is 2.02. The number of hydrogen-bond acceptors (Lipinski definition) is 2. The third-order valence-electron chi connectivity index (χ3n) is 2.94. The molecule has 3 nitrogen and oxygen atoms in total. The van der Waals surface area contributed by atoms with Crippen LogP contribution in [0.5, 0.6) is 0 Å². The highest BCUT2D eigenvalue weighted by molar-refractivity contribution is 9.10. The monoisotopic (exact) mass is 303 g/mol. The standard InChI is InChI=1S/C14H10BrNO2/c1-8-2-3-9-11(7-16-12(9)6-8)13(17)10-4-5-18-14(10)15/h2-7,16H,1H3. The lowest BCUT2D eigenvalue weighted by Crippen LogP contribution is -1.99. The van der Waals surface area contributed by atoms with Crippen LogP contribution in [0.1, 0.15) is 21.5 Å². The molecule has 0 aliphatic carbocycles. The third-order valence-corrected chi connectivity index (χ3v) is 3.56. The Labute approximate surface area is 112 Å². The Balaban J connectivity index is 2.16. The Hall–Kier alpha value is -1.81. The molecule has 1 N–H and O–H groups in total. The largest absolute Gasteiger partial charge is 0.457 e.